The van der Waals surface area contributed by atoms with Crippen molar-refractivity contribution in [3.63, 3.8) is 0 Å². The van der Waals surface area contributed by atoms with Gasteiger partial charge in [-0.3, -0.25) is 9.69 Å². The summed E-state index contributed by atoms with van der Waals surface area (Å²) in [6.07, 6.45) is -4.45. The monoisotopic (exact) mass is 401 g/mol. The van der Waals surface area contributed by atoms with Gasteiger partial charge < -0.3 is 10.2 Å². The highest BCUT2D eigenvalue weighted by atomic mass is 19.4. The van der Waals surface area contributed by atoms with Crippen molar-refractivity contribution in [3.8, 4) is 0 Å². The number of hydrogen-bond donors (Lipinski definition) is 1. The number of rotatable bonds is 3. The maximum atomic E-state index is 13.2. The van der Waals surface area contributed by atoms with E-state index in [2.05, 4.69) is 5.32 Å². The Bertz CT molecular complexity index is 984. The van der Waals surface area contributed by atoms with Gasteiger partial charge in [0, 0.05) is 12.2 Å². The van der Waals surface area contributed by atoms with E-state index < -0.39 is 17.8 Å². The lowest BCUT2D eigenvalue weighted by atomic mass is 9.95. The SMILES string of the molecule is CCN1C(=O)NC(c2ccccc2)C2=C1CN(c1ccc(C(F)(F)F)cc1)C2=O. The zero-order valence-corrected chi connectivity index (χ0v) is 15.5. The Morgan fingerprint density at radius 2 is 1.69 bits per heavy atom. The van der Waals surface area contributed by atoms with Gasteiger partial charge in [0.05, 0.1) is 29.4 Å². The highest BCUT2D eigenvalue weighted by Gasteiger charge is 2.44. The third kappa shape index (κ3) is 3.24. The van der Waals surface area contributed by atoms with Gasteiger partial charge in [-0.05, 0) is 36.8 Å². The summed E-state index contributed by atoms with van der Waals surface area (Å²) in [4.78, 5) is 28.7. The summed E-state index contributed by atoms with van der Waals surface area (Å²) in [5, 5.41) is 2.87. The molecule has 0 saturated heterocycles. The maximum absolute atomic E-state index is 13.2. The molecule has 4 rings (SSSR count). The number of hydrogen-bond acceptors (Lipinski definition) is 2. The highest BCUT2D eigenvalue weighted by Crippen LogP contribution is 2.38. The molecule has 8 heteroatoms. The van der Waals surface area contributed by atoms with Crippen LogP contribution in [0.5, 0.6) is 0 Å². The van der Waals surface area contributed by atoms with E-state index in [0.29, 0.717) is 23.5 Å². The molecule has 150 valence electrons. The molecule has 0 aliphatic carbocycles. The van der Waals surface area contributed by atoms with E-state index in [1.165, 1.54) is 21.9 Å². The molecule has 5 nitrogen and oxygen atoms in total. The number of benzene rings is 2. The fourth-order valence-corrected chi connectivity index (χ4v) is 3.76. The Balaban J connectivity index is 1.72. The summed E-state index contributed by atoms with van der Waals surface area (Å²) in [6, 6.07) is 12.7. The fourth-order valence-electron chi connectivity index (χ4n) is 3.76. The van der Waals surface area contributed by atoms with Crippen molar-refractivity contribution < 1.29 is 22.8 Å². The summed E-state index contributed by atoms with van der Waals surface area (Å²) in [5.74, 6) is -0.327. The van der Waals surface area contributed by atoms with Crippen molar-refractivity contribution in [1.82, 2.24) is 10.2 Å². The topological polar surface area (TPSA) is 52.7 Å². The second-order valence-corrected chi connectivity index (χ2v) is 6.83. The molecule has 2 heterocycles. The predicted octanol–water partition coefficient (Wildman–Crippen LogP) is 4.09. The molecular weight excluding hydrogens is 383 g/mol. The van der Waals surface area contributed by atoms with Gasteiger partial charge in [-0.25, -0.2) is 4.79 Å². The van der Waals surface area contributed by atoms with Crippen LogP contribution >= 0.6 is 0 Å². The second-order valence-electron chi connectivity index (χ2n) is 6.83. The minimum absolute atomic E-state index is 0.129. The molecule has 2 aliphatic rings. The molecule has 1 unspecified atom stereocenters. The van der Waals surface area contributed by atoms with Crippen molar-refractivity contribution in [2.45, 2.75) is 19.1 Å². The minimum atomic E-state index is -4.45. The van der Waals surface area contributed by atoms with Crippen molar-refractivity contribution in [1.29, 1.82) is 0 Å². The van der Waals surface area contributed by atoms with Crippen LogP contribution in [0.2, 0.25) is 0 Å². The molecule has 0 radical (unpaired) electrons. The van der Waals surface area contributed by atoms with Gasteiger partial charge in [-0.15, -0.1) is 0 Å². The molecule has 0 fully saturated rings. The average molecular weight is 401 g/mol. The number of urea groups is 1. The Morgan fingerprint density at radius 3 is 2.28 bits per heavy atom. The number of carbonyl (C=O) groups excluding carboxylic acids is 2. The smallest absolute Gasteiger partial charge is 0.326 e. The van der Waals surface area contributed by atoms with Gasteiger partial charge in [0.15, 0.2) is 0 Å². The number of amides is 3. The van der Waals surface area contributed by atoms with E-state index in [4.69, 9.17) is 0 Å². The van der Waals surface area contributed by atoms with Crippen LogP contribution in [-0.4, -0.2) is 29.9 Å². The van der Waals surface area contributed by atoms with Crippen LogP contribution < -0.4 is 10.2 Å². The first-order valence-corrected chi connectivity index (χ1v) is 9.16. The molecule has 29 heavy (non-hydrogen) atoms. The van der Waals surface area contributed by atoms with Crippen LogP contribution in [0.1, 0.15) is 24.1 Å². The standard InChI is InChI=1S/C21H18F3N3O2/c1-2-26-16-12-27(15-10-8-14(9-11-15)21(22,23)24)19(28)17(16)18(25-20(26)29)13-6-4-3-5-7-13/h3-11,18H,2,12H2,1H3,(H,25,29). The van der Waals surface area contributed by atoms with Crippen molar-refractivity contribution in [2.75, 3.05) is 18.0 Å². The van der Waals surface area contributed by atoms with E-state index in [0.717, 1.165) is 17.7 Å². The molecular formula is C21H18F3N3O2. The molecule has 0 bridgehead atoms. The molecule has 2 aliphatic heterocycles. The van der Waals surface area contributed by atoms with Crippen LogP contribution in [-0.2, 0) is 11.0 Å². The van der Waals surface area contributed by atoms with E-state index in [1.807, 2.05) is 30.3 Å². The lowest BCUT2D eigenvalue weighted by Gasteiger charge is -2.32. The molecule has 1 N–H and O–H groups in total. The summed E-state index contributed by atoms with van der Waals surface area (Å²) < 4.78 is 38.6. The normalized spacial score (nSPS) is 19.5. The molecule has 0 saturated carbocycles. The van der Waals surface area contributed by atoms with Gasteiger partial charge in [0.1, 0.15) is 0 Å². The highest BCUT2D eigenvalue weighted by molar-refractivity contribution is 6.11. The van der Waals surface area contributed by atoms with Crippen LogP contribution in [0, 0.1) is 0 Å². The molecule has 0 spiro atoms. The number of nitrogens with zero attached hydrogens (tertiary/aromatic N) is 2. The number of likely N-dealkylation sites (N-methyl/N-ethyl adjacent to an activating group) is 1. The number of nitrogens with one attached hydrogen (secondary N) is 1. The quantitative estimate of drug-likeness (QED) is 0.842. The Kier molecular flexibility index (Phi) is 4.56. The number of carbonyl (C=O) groups is 2. The number of halogens is 3. The molecule has 1 atom stereocenters. The van der Waals surface area contributed by atoms with Crippen molar-refractivity contribution >= 4 is 17.6 Å². The first kappa shape index (κ1) is 19.0. The van der Waals surface area contributed by atoms with E-state index in [9.17, 15) is 22.8 Å². The third-order valence-electron chi connectivity index (χ3n) is 5.18. The lowest BCUT2D eigenvalue weighted by molar-refractivity contribution is -0.137. The zero-order valence-electron chi connectivity index (χ0n) is 15.5. The zero-order chi connectivity index (χ0) is 20.8. The summed E-state index contributed by atoms with van der Waals surface area (Å²) in [6.45, 7) is 2.31. The first-order valence-electron chi connectivity index (χ1n) is 9.16. The van der Waals surface area contributed by atoms with Crippen molar-refractivity contribution in [3.05, 3.63) is 77.0 Å². The van der Waals surface area contributed by atoms with E-state index in [-0.39, 0.29) is 18.5 Å². The van der Waals surface area contributed by atoms with Gasteiger partial charge in [-0.1, -0.05) is 30.3 Å². The van der Waals surface area contributed by atoms with Gasteiger partial charge in [0.2, 0.25) is 0 Å². The van der Waals surface area contributed by atoms with Crippen LogP contribution in [0.25, 0.3) is 0 Å². The predicted molar refractivity (Wildman–Crippen MR) is 101 cm³/mol. The lowest BCUT2D eigenvalue weighted by Crippen LogP contribution is -2.47. The van der Waals surface area contributed by atoms with Crippen LogP contribution in [0.3, 0.4) is 0 Å². The second kappa shape index (κ2) is 6.95. The number of anilines is 1. The van der Waals surface area contributed by atoms with E-state index >= 15 is 0 Å². The largest absolute Gasteiger partial charge is 0.416 e. The van der Waals surface area contributed by atoms with Crippen molar-refractivity contribution in [2.24, 2.45) is 0 Å². The fraction of sp³-hybridized carbons (Fsp3) is 0.238. The average Bonchev–Trinajstić information content (AvgIpc) is 3.05. The Morgan fingerprint density at radius 1 is 1.03 bits per heavy atom. The molecule has 3 amide bonds. The van der Waals surface area contributed by atoms with Gasteiger partial charge >= 0.3 is 12.2 Å². The molecule has 0 aromatic heterocycles. The maximum Gasteiger partial charge on any atom is 0.416 e. The summed E-state index contributed by atoms with van der Waals surface area (Å²) in [7, 11) is 0. The third-order valence-corrected chi connectivity index (χ3v) is 5.18. The Hall–Kier alpha value is -3.29. The van der Waals surface area contributed by atoms with Gasteiger partial charge in [0.25, 0.3) is 5.91 Å². The first-order chi connectivity index (χ1) is 13.8. The van der Waals surface area contributed by atoms with E-state index in [1.54, 1.807) is 6.92 Å². The summed E-state index contributed by atoms with van der Waals surface area (Å²) >= 11 is 0. The van der Waals surface area contributed by atoms with Crippen LogP contribution in [0.4, 0.5) is 23.7 Å². The molecule has 2 aromatic carbocycles. The minimum Gasteiger partial charge on any atom is -0.326 e. The summed E-state index contributed by atoms with van der Waals surface area (Å²) in [5.41, 5.74) is 1.37. The molecule has 2 aromatic rings. The van der Waals surface area contributed by atoms with Crippen LogP contribution in [0.15, 0.2) is 65.9 Å². The Labute approximate surface area is 165 Å². The number of alkyl halides is 3. The van der Waals surface area contributed by atoms with Gasteiger partial charge in [-0.2, -0.15) is 13.2 Å².